The number of H-pyrrole nitrogens is 1. The van der Waals surface area contributed by atoms with Crippen molar-refractivity contribution in [3.05, 3.63) is 58.4 Å². The van der Waals surface area contributed by atoms with Gasteiger partial charge in [-0.3, -0.25) is 0 Å². The van der Waals surface area contributed by atoms with Crippen LogP contribution in [-0.4, -0.2) is 4.98 Å². The quantitative estimate of drug-likeness (QED) is 0.522. The summed E-state index contributed by atoms with van der Waals surface area (Å²) in [7, 11) is 0. The largest absolute Gasteiger partial charge is 0.429 e. The second-order valence-corrected chi connectivity index (χ2v) is 5.15. The van der Waals surface area contributed by atoms with E-state index in [4.69, 9.17) is 34.0 Å². The fraction of sp³-hybridized carbons (Fsp3) is 0. The standard InChI is InChI=1S/C15H11ClN2OS/c16-11-5-1-10(2-6-11)14-13(18-15(20)19-14)9-3-7-12(17)8-4-9/h1-8H,17H2,(H,18,20). The average molecular weight is 303 g/mol. The molecular weight excluding hydrogens is 292 g/mol. The molecule has 0 atom stereocenters. The van der Waals surface area contributed by atoms with E-state index in [1.807, 2.05) is 48.5 Å². The van der Waals surface area contributed by atoms with Crippen LogP contribution in [0.15, 0.2) is 52.9 Å². The fourth-order valence-electron chi connectivity index (χ4n) is 1.99. The molecule has 5 heteroatoms. The van der Waals surface area contributed by atoms with Crippen LogP contribution in [0.5, 0.6) is 0 Å². The predicted octanol–water partition coefficient (Wildman–Crippen LogP) is 4.91. The molecule has 0 aliphatic heterocycles. The van der Waals surface area contributed by atoms with Gasteiger partial charge in [-0.15, -0.1) is 0 Å². The van der Waals surface area contributed by atoms with E-state index in [0.717, 1.165) is 16.8 Å². The third kappa shape index (κ3) is 2.48. The first-order chi connectivity index (χ1) is 9.63. The van der Waals surface area contributed by atoms with Crippen LogP contribution in [0.3, 0.4) is 0 Å². The first-order valence-electron chi connectivity index (χ1n) is 5.98. The second kappa shape index (κ2) is 5.15. The molecule has 3 nitrogen and oxygen atoms in total. The number of anilines is 1. The molecule has 3 aromatic rings. The van der Waals surface area contributed by atoms with Gasteiger partial charge in [-0.05, 0) is 48.6 Å². The van der Waals surface area contributed by atoms with Crippen molar-refractivity contribution in [1.82, 2.24) is 4.98 Å². The van der Waals surface area contributed by atoms with Gasteiger partial charge in [0.15, 0.2) is 5.76 Å². The summed E-state index contributed by atoms with van der Waals surface area (Å²) in [6.07, 6.45) is 0. The van der Waals surface area contributed by atoms with Crippen LogP contribution in [0.25, 0.3) is 22.6 Å². The Labute approximate surface area is 126 Å². The Morgan fingerprint density at radius 3 is 2.20 bits per heavy atom. The highest BCUT2D eigenvalue weighted by molar-refractivity contribution is 7.71. The van der Waals surface area contributed by atoms with Crippen molar-refractivity contribution in [1.29, 1.82) is 0 Å². The number of oxazole rings is 1. The Morgan fingerprint density at radius 2 is 1.55 bits per heavy atom. The van der Waals surface area contributed by atoms with Crippen molar-refractivity contribution in [2.75, 3.05) is 5.73 Å². The Balaban J connectivity index is 2.15. The smallest absolute Gasteiger partial charge is 0.266 e. The van der Waals surface area contributed by atoms with E-state index in [9.17, 15) is 0 Å². The molecule has 0 saturated heterocycles. The summed E-state index contributed by atoms with van der Waals surface area (Å²) in [6, 6.07) is 14.9. The van der Waals surface area contributed by atoms with Crippen LogP contribution < -0.4 is 5.73 Å². The number of nitrogens with two attached hydrogens (primary N) is 1. The van der Waals surface area contributed by atoms with Gasteiger partial charge in [0.25, 0.3) is 4.84 Å². The molecule has 2 aromatic carbocycles. The molecule has 0 fully saturated rings. The highest BCUT2D eigenvalue weighted by Gasteiger charge is 2.12. The summed E-state index contributed by atoms with van der Waals surface area (Å²) in [5, 5.41) is 0.678. The van der Waals surface area contributed by atoms with Crippen molar-refractivity contribution >= 4 is 29.5 Å². The summed E-state index contributed by atoms with van der Waals surface area (Å²) in [6.45, 7) is 0. The minimum absolute atomic E-state index is 0.335. The second-order valence-electron chi connectivity index (χ2n) is 4.35. The number of rotatable bonds is 2. The van der Waals surface area contributed by atoms with Crippen molar-refractivity contribution in [3.8, 4) is 22.6 Å². The van der Waals surface area contributed by atoms with Gasteiger partial charge >= 0.3 is 0 Å². The van der Waals surface area contributed by atoms with Crippen LogP contribution >= 0.6 is 23.8 Å². The van der Waals surface area contributed by atoms with Gasteiger partial charge in [0.2, 0.25) is 0 Å². The third-order valence-electron chi connectivity index (χ3n) is 2.95. The Morgan fingerprint density at radius 1 is 0.950 bits per heavy atom. The average Bonchev–Trinajstić information content (AvgIpc) is 2.82. The molecule has 1 heterocycles. The summed E-state index contributed by atoms with van der Waals surface area (Å²) < 4.78 is 5.61. The number of benzene rings is 2. The predicted molar refractivity (Wildman–Crippen MR) is 84.2 cm³/mol. The van der Waals surface area contributed by atoms with Gasteiger partial charge in [-0.25, -0.2) is 0 Å². The van der Waals surface area contributed by atoms with E-state index >= 15 is 0 Å². The number of nitrogen functional groups attached to an aromatic ring is 1. The van der Waals surface area contributed by atoms with Gasteiger partial charge in [0.1, 0.15) is 0 Å². The molecular formula is C15H11ClN2OS. The van der Waals surface area contributed by atoms with E-state index in [2.05, 4.69) is 4.98 Å². The van der Waals surface area contributed by atoms with Gasteiger partial charge in [0.05, 0.1) is 5.69 Å². The maximum absolute atomic E-state index is 5.91. The molecule has 0 unspecified atom stereocenters. The summed E-state index contributed by atoms with van der Waals surface area (Å²) in [5.74, 6) is 0.691. The van der Waals surface area contributed by atoms with E-state index < -0.39 is 0 Å². The molecule has 0 radical (unpaired) electrons. The van der Waals surface area contributed by atoms with Gasteiger partial charge in [0, 0.05) is 21.8 Å². The minimum Gasteiger partial charge on any atom is -0.429 e. The summed E-state index contributed by atoms with van der Waals surface area (Å²) in [5.41, 5.74) is 9.12. The van der Waals surface area contributed by atoms with Crippen molar-refractivity contribution < 1.29 is 4.42 Å². The third-order valence-corrected chi connectivity index (χ3v) is 3.39. The highest BCUT2D eigenvalue weighted by Crippen LogP contribution is 2.32. The van der Waals surface area contributed by atoms with Crippen LogP contribution in [-0.2, 0) is 0 Å². The van der Waals surface area contributed by atoms with Crippen molar-refractivity contribution in [2.45, 2.75) is 0 Å². The van der Waals surface area contributed by atoms with Gasteiger partial charge in [-0.2, -0.15) is 0 Å². The SMILES string of the molecule is Nc1ccc(-c2[nH]c(=S)oc2-c2ccc(Cl)cc2)cc1. The lowest BCUT2D eigenvalue weighted by molar-refractivity contribution is 0.554. The van der Waals surface area contributed by atoms with Crippen molar-refractivity contribution in [2.24, 2.45) is 0 Å². The summed E-state index contributed by atoms with van der Waals surface area (Å²) in [4.78, 5) is 3.40. The maximum atomic E-state index is 5.91. The number of nitrogens with one attached hydrogen (secondary N) is 1. The van der Waals surface area contributed by atoms with Crippen LogP contribution in [0.2, 0.25) is 5.02 Å². The number of halogens is 1. The molecule has 0 saturated carbocycles. The Bertz CT molecular complexity index is 722. The molecule has 100 valence electrons. The van der Waals surface area contributed by atoms with Crippen LogP contribution in [0.4, 0.5) is 5.69 Å². The Hall–Kier alpha value is -2.04. The van der Waals surface area contributed by atoms with Crippen LogP contribution in [0.1, 0.15) is 0 Å². The topological polar surface area (TPSA) is 55.0 Å². The molecule has 0 bridgehead atoms. The molecule has 1 aromatic heterocycles. The first-order valence-corrected chi connectivity index (χ1v) is 6.77. The molecule has 0 amide bonds. The first kappa shape index (κ1) is 13.0. The number of hydrogen-bond acceptors (Lipinski definition) is 3. The zero-order chi connectivity index (χ0) is 14.1. The number of aromatic amines is 1. The monoisotopic (exact) mass is 302 g/mol. The molecule has 3 N–H and O–H groups in total. The molecule has 0 aliphatic carbocycles. The van der Waals surface area contributed by atoms with E-state index in [0.29, 0.717) is 21.3 Å². The lowest BCUT2D eigenvalue weighted by atomic mass is 10.1. The van der Waals surface area contributed by atoms with Crippen LogP contribution in [0, 0.1) is 4.84 Å². The van der Waals surface area contributed by atoms with E-state index in [1.54, 1.807) is 0 Å². The zero-order valence-corrected chi connectivity index (χ0v) is 12.0. The maximum Gasteiger partial charge on any atom is 0.266 e. The lowest BCUT2D eigenvalue weighted by Crippen LogP contribution is -1.86. The van der Waals surface area contributed by atoms with E-state index in [-0.39, 0.29) is 0 Å². The lowest BCUT2D eigenvalue weighted by Gasteiger charge is -2.03. The molecule has 0 spiro atoms. The van der Waals surface area contributed by atoms with Gasteiger partial charge < -0.3 is 15.1 Å². The zero-order valence-electron chi connectivity index (χ0n) is 10.4. The number of hydrogen-bond donors (Lipinski definition) is 2. The van der Waals surface area contributed by atoms with Crippen molar-refractivity contribution in [3.63, 3.8) is 0 Å². The number of aromatic nitrogens is 1. The van der Waals surface area contributed by atoms with Gasteiger partial charge in [-0.1, -0.05) is 23.7 Å². The normalized spacial score (nSPS) is 10.7. The summed E-state index contributed by atoms with van der Waals surface area (Å²) >= 11 is 11.0. The fourth-order valence-corrected chi connectivity index (χ4v) is 2.30. The van der Waals surface area contributed by atoms with E-state index in [1.165, 1.54) is 0 Å². The molecule has 20 heavy (non-hydrogen) atoms. The Kier molecular flexibility index (Phi) is 3.34. The molecule has 0 aliphatic rings. The highest BCUT2D eigenvalue weighted by atomic mass is 35.5. The minimum atomic E-state index is 0.335. The molecule has 3 rings (SSSR count).